The van der Waals surface area contributed by atoms with Crippen molar-refractivity contribution in [3.05, 3.63) is 60.2 Å². The zero-order valence-electron chi connectivity index (χ0n) is 14.5. The lowest BCUT2D eigenvalue weighted by molar-refractivity contribution is 0.179. The van der Waals surface area contributed by atoms with Crippen molar-refractivity contribution in [2.24, 2.45) is 4.99 Å². The Hall–Kier alpha value is -2.53. The predicted molar refractivity (Wildman–Crippen MR) is 97.6 cm³/mol. The Kier molecular flexibility index (Phi) is 7.11. The van der Waals surface area contributed by atoms with E-state index in [1.165, 1.54) is 0 Å². The number of methoxy groups -OCH3 is 1. The Morgan fingerprint density at radius 1 is 1.04 bits per heavy atom. The molecule has 5 nitrogen and oxygen atoms in total. The molecule has 0 bridgehead atoms. The molecule has 2 rings (SSSR count). The Labute approximate surface area is 143 Å². The molecule has 1 unspecified atom stereocenters. The molecule has 0 aliphatic carbocycles. The van der Waals surface area contributed by atoms with Gasteiger partial charge in [-0.3, -0.25) is 4.99 Å². The van der Waals surface area contributed by atoms with E-state index in [2.05, 4.69) is 15.6 Å². The van der Waals surface area contributed by atoms with E-state index in [-0.39, 0.29) is 6.04 Å². The molecule has 0 saturated carbocycles. The highest BCUT2D eigenvalue weighted by Gasteiger charge is 2.04. The highest BCUT2D eigenvalue weighted by Crippen LogP contribution is 2.20. The molecular weight excluding hydrogens is 302 g/mol. The molecule has 0 heterocycles. The lowest BCUT2D eigenvalue weighted by Gasteiger charge is -2.17. The van der Waals surface area contributed by atoms with E-state index in [1.54, 1.807) is 14.2 Å². The highest BCUT2D eigenvalue weighted by molar-refractivity contribution is 5.79. The topological polar surface area (TPSA) is 54.9 Å². The number of nitrogens with one attached hydrogen (secondary N) is 2. The van der Waals surface area contributed by atoms with E-state index in [1.807, 2.05) is 61.5 Å². The molecule has 5 heteroatoms. The second-order valence-corrected chi connectivity index (χ2v) is 5.49. The molecule has 2 N–H and O–H groups in total. The molecule has 0 radical (unpaired) electrons. The summed E-state index contributed by atoms with van der Waals surface area (Å²) < 4.78 is 10.9. The van der Waals surface area contributed by atoms with Crippen molar-refractivity contribution in [2.75, 3.05) is 20.8 Å². The molecule has 2 aromatic rings. The molecule has 1 atom stereocenters. The first kappa shape index (κ1) is 17.8. The molecule has 24 heavy (non-hydrogen) atoms. The number of benzene rings is 2. The summed E-state index contributed by atoms with van der Waals surface area (Å²) in [6.45, 7) is 3.36. The smallest absolute Gasteiger partial charge is 0.191 e. The summed E-state index contributed by atoms with van der Waals surface area (Å²) >= 11 is 0. The van der Waals surface area contributed by atoms with Crippen molar-refractivity contribution < 1.29 is 9.47 Å². The first-order valence-corrected chi connectivity index (χ1v) is 7.99. The standard InChI is InChI=1S/C19H25N3O2/c1-15(14-23-3)22-19(20-2)21-13-16-9-11-18(12-10-16)24-17-7-5-4-6-8-17/h4-12,15H,13-14H2,1-3H3,(H2,20,21,22). The Morgan fingerprint density at radius 2 is 1.71 bits per heavy atom. The van der Waals surface area contributed by atoms with Gasteiger partial charge in [-0.15, -0.1) is 0 Å². The van der Waals surface area contributed by atoms with Crippen LogP contribution in [-0.2, 0) is 11.3 Å². The summed E-state index contributed by atoms with van der Waals surface area (Å²) in [6, 6.07) is 18.0. The van der Waals surface area contributed by atoms with E-state index < -0.39 is 0 Å². The van der Waals surface area contributed by atoms with Crippen LogP contribution in [0.2, 0.25) is 0 Å². The number of ether oxygens (including phenoxy) is 2. The molecule has 128 valence electrons. The summed E-state index contributed by atoms with van der Waals surface area (Å²) in [6.07, 6.45) is 0. The molecule has 2 aromatic carbocycles. The first-order valence-electron chi connectivity index (χ1n) is 7.99. The maximum atomic E-state index is 5.79. The van der Waals surface area contributed by atoms with Gasteiger partial charge in [0, 0.05) is 26.7 Å². The van der Waals surface area contributed by atoms with Crippen LogP contribution in [0.5, 0.6) is 11.5 Å². The number of guanidine groups is 1. The summed E-state index contributed by atoms with van der Waals surface area (Å²) in [7, 11) is 3.44. The third-order valence-electron chi connectivity index (χ3n) is 3.39. The highest BCUT2D eigenvalue weighted by atomic mass is 16.5. The van der Waals surface area contributed by atoms with Crippen molar-refractivity contribution in [1.82, 2.24) is 10.6 Å². The largest absolute Gasteiger partial charge is 0.457 e. The zero-order chi connectivity index (χ0) is 17.2. The summed E-state index contributed by atoms with van der Waals surface area (Å²) in [4.78, 5) is 4.21. The molecule has 0 saturated heterocycles. The van der Waals surface area contributed by atoms with Crippen LogP contribution in [0.15, 0.2) is 59.6 Å². The first-order chi connectivity index (χ1) is 11.7. The van der Waals surface area contributed by atoms with Crippen LogP contribution < -0.4 is 15.4 Å². The maximum Gasteiger partial charge on any atom is 0.191 e. The quantitative estimate of drug-likeness (QED) is 0.606. The van der Waals surface area contributed by atoms with E-state index in [0.717, 1.165) is 23.0 Å². The van der Waals surface area contributed by atoms with Gasteiger partial charge in [-0.25, -0.2) is 0 Å². The second-order valence-electron chi connectivity index (χ2n) is 5.49. The SMILES string of the molecule is CN=C(NCc1ccc(Oc2ccccc2)cc1)NC(C)COC. The maximum absolute atomic E-state index is 5.79. The van der Waals surface area contributed by atoms with Gasteiger partial charge in [0.1, 0.15) is 11.5 Å². The van der Waals surface area contributed by atoms with Crippen LogP contribution >= 0.6 is 0 Å². The van der Waals surface area contributed by atoms with Crippen LogP contribution in [0.4, 0.5) is 0 Å². The van der Waals surface area contributed by atoms with E-state index in [4.69, 9.17) is 9.47 Å². The fourth-order valence-electron chi connectivity index (χ4n) is 2.21. The van der Waals surface area contributed by atoms with E-state index in [0.29, 0.717) is 13.2 Å². The summed E-state index contributed by atoms with van der Waals surface area (Å²) in [5.74, 6) is 2.41. The van der Waals surface area contributed by atoms with Crippen LogP contribution in [0, 0.1) is 0 Å². The minimum absolute atomic E-state index is 0.197. The van der Waals surface area contributed by atoms with Gasteiger partial charge in [0.25, 0.3) is 0 Å². The Morgan fingerprint density at radius 3 is 2.33 bits per heavy atom. The Balaban J connectivity index is 1.85. The number of hydrogen-bond donors (Lipinski definition) is 2. The molecule has 0 aliphatic rings. The predicted octanol–water partition coefficient (Wildman–Crippen LogP) is 3.18. The average Bonchev–Trinajstić information content (AvgIpc) is 2.61. The molecule has 0 spiro atoms. The van der Waals surface area contributed by atoms with E-state index in [9.17, 15) is 0 Å². The minimum Gasteiger partial charge on any atom is -0.457 e. The van der Waals surface area contributed by atoms with Crippen molar-refractivity contribution in [3.8, 4) is 11.5 Å². The third-order valence-corrected chi connectivity index (χ3v) is 3.39. The molecule has 0 fully saturated rings. The number of hydrogen-bond acceptors (Lipinski definition) is 3. The van der Waals surface area contributed by atoms with Crippen LogP contribution in [0.1, 0.15) is 12.5 Å². The molecular formula is C19H25N3O2. The average molecular weight is 327 g/mol. The lowest BCUT2D eigenvalue weighted by Crippen LogP contribution is -2.43. The number of rotatable bonds is 7. The van der Waals surface area contributed by atoms with Crippen molar-refractivity contribution in [1.29, 1.82) is 0 Å². The molecule has 0 aromatic heterocycles. The lowest BCUT2D eigenvalue weighted by atomic mass is 10.2. The van der Waals surface area contributed by atoms with Crippen LogP contribution in [0.3, 0.4) is 0 Å². The van der Waals surface area contributed by atoms with Crippen LogP contribution in [-0.4, -0.2) is 32.8 Å². The van der Waals surface area contributed by atoms with Crippen molar-refractivity contribution >= 4 is 5.96 Å². The zero-order valence-corrected chi connectivity index (χ0v) is 14.5. The van der Waals surface area contributed by atoms with E-state index >= 15 is 0 Å². The molecule has 0 amide bonds. The number of para-hydroxylation sites is 1. The fraction of sp³-hybridized carbons (Fsp3) is 0.316. The summed E-state index contributed by atoms with van der Waals surface area (Å²) in [5, 5.41) is 6.56. The fourth-order valence-corrected chi connectivity index (χ4v) is 2.21. The van der Waals surface area contributed by atoms with Gasteiger partial charge >= 0.3 is 0 Å². The van der Waals surface area contributed by atoms with Gasteiger partial charge in [0.05, 0.1) is 6.61 Å². The third kappa shape index (κ3) is 5.93. The van der Waals surface area contributed by atoms with Crippen LogP contribution in [0.25, 0.3) is 0 Å². The van der Waals surface area contributed by atoms with Gasteiger partial charge in [-0.2, -0.15) is 0 Å². The minimum atomic E-state index is 0.197. The summed E-state index contributed by atoms with van der Waals surface area (Å²) in [5.41, 5.74) is 1.15. The van der Waals surface area contributed by atoms with Gasteiger partial charge < -0.3 is 20.1 Å². The Bertz CT molecular complexity index is 627. The number of nitrogens with zero attached hydrogens (tertiary/aromatic N) is 1. The van der Waals surface area contributed by atoms with Gasteiger partial charge in [0.2, 0.25) is 0 Å². The van der Waals surface area contributed by atoms with Gasteiger partial charge in [-0.1, -0.05) is 30.3 Å². The van der Waals surface area contributed by atoms with Crippen molar-refractivity contribution in [3.63, 3.8) is 0 Å². The number of aliphatic imine (C=N–C) groups is 1. The second kappa shape index (κ2) is 9.57. The monoisotopic (exact) mass is 327 g/mol. The van der Waals surface area contributed by atoms with Gasteiger partial charge in [-0.05, 0) is 36.8 Å². The van der Waals surface area contributed by atoms with Crippen molar-refractivity contribution in [2.45, 2.75) is 19.5 Å². The van der Waals surface area contributed by atoms with Gasteiger partial charge in [0.15, 0.2) is 5.96 Å². The molecule has 0 aliphatic heterocycles. The normalized spacial score (nSPS) is 12.5.